The molecule has 0 bridgehead atoms. The first-order valence-corrected chi connectivity index (χ1v) is 9.30. The van der Waals surface area contributed by atoms with Crippen molar-refractivity contribution in [1.82, 2.24) is 10.6 Å². The van der Waals surface area contributed by atoms with Gasteiger partial charge in [-0.15, -0.1) is 11.3 Å². The summed E-state index contributed by atoms with van der Waals surface area (Å²) in [5, 5.41) is 19.8. The second kappa shape index (κ2) is 9.06. The fourth-order valence-corrected chi connectivity index (χ4v) is 3.25. The molecule has 1 aromatic heterocycles. The number of hydrogen-bond acceptors (Lipinski definition) is 3. The van der Waals surface area contributed by atoms with Gasteiger partial charge in [-0.1, -0.05) is 29.8 Å². The number of nitrogens with one attached hydrogen (secondary N) is 2. The van der Waals surface area contributed by atoms with Gasteiger partial charge >= 0.3 is 0 Å². The molecule has 130 valence electrons. The van der Waals surface area contributed by atoms with E-state index in [-0.39, 0.29) is 0 Å². The number of benzene rings is 1. The number of rotatable bonds is 7. The Hall–Kier alpha value is -1.56. The Morgan fingerprint density at radius 2 is 2.12 bits per heavy atom. The molecular formula is C18H24ClN3OS. The Labute approximate surface area is 152 Å². The third-order valence-corrected chi connectivity index (χ3v) is 4.89. The highest BCUT2D eigenvalue weighted by Gasteiger charge is 2.23. The van der Waals surface area contributed by atoms with E-state index in [1.54, 1.807) is 6.92 Å². The van der Waals surface area contributed by atoms with Crippen molar-refractivity contribution in [1.29, 1.82) is 0 Å². The van der Waals surface area contributed by atoms with Gasteiger partial charge in [0.1, 0.15) is 5.60 Å². The van der Waals surface area contributed by atoms with E-state index in [0.717, 1.165) is 29.4 Å². The van der Waals surface area contributed by atoms with Gasteiger partial charge in [0.15, 0.2) is 5.96 Å². The number of nitrogens with zero attached hydrogens (tertiary/aromatic N) is 1. The van der Waals surface area contributed by atoms with Crippen LogP contribution in [-0.4, -0.2) is 30.7 Å². The lowest BCUT2D eigenvalue weighted by atomic mass is 10.1. The highest BCUT2D eigenvalue weighted by molar-refractivity contribution is 7.10. The van der Waals surface area contributed by atoms with E-state index in [1.807, 2.05) is 42.6 Å². The van der Waals surface area contributed by atoms with E-state index in [1.165, 1.54) is 16.9 Å². The van der Waals surface area contributed by atoms with Crippen LogP contribution in [0.15, 0.2) is 46.8 Å². The molecule has 4 nitrogen and oxygen atoms in total. The van der Waals surface area contributed by atoms with E-state index < -0.39 is 5.60 Å². The second-order valence-corrected chi connectivity index (χ2v) is 7.14. The van der Waals surface area contributed by atoms with Crippen molar-refractivity contribution in [3.05, 3.63) is 57.2 Å². The summed E-state index contributed by atoms with van der Waals surface area (Å²) < 4.78 is 0. The zero-order valence-corrected chi connectivity index (χ0v) is 15.6. The Morgan fingerprint density at radius 3 is 2.79 bits per heavy atom. The van der Waals surface area contributed by atoms with Crippen molar-refractivity contribution in [2.45, 2.75) is 25.9 Å². The summed E-state index contributed by atoms with van der Waals surface area (Å²) >= 11 is 7.54. The van der Waals surface area contributed by atoms with Crippen molar-refractivity contribution < 1.29 is 5.11 Å². The molecule has 3 N–H and O–H groups in total. The van der Waals surface area contributed by atoms with Gasteiger partial charge in [-0.05, 0) is 49.4 Å². The summed E-state index contributed by atoms with van der Waals surface area (Å²) in [5.74, 6) is 0.705. The number of thiophene rings is 1. The van der Waals surface area contributed by atoms with E-state index in [9.17, 15) is 5.11 Å². The van der Waals surface area contributed by atoms with E-state index >= 15 is 0 Å². The summed E-state index contributed by atoms with van der Waals surface area (Å²) in [6.07, 6.45) is 0.853. The molecule has 1 atom stereocenters. The molecule has 0 radical (unpaired) electrons. The summed E-state index contributed by atoms with van der Waals surface area (Å²) in [6.45, 7) is 5.63. The van der Waals surface area contributed by atoms with Crippen LogP contribution in [-0.2, 0) is 12.0 Å². The SMILES string of the molecule is CCNC(=NCC(C)(O)c1cccs1)NCCc1cccc(Cl)c1. The van der Waals surface area contributed by atoms with Gasteiger partial charge in [0.25, 0.3) is 0 Å². The minimum atomic E-state index is -0.955. The predicted molar refractivity (Wildman–Crippen MR) is 103 cm³/mol. The summed E-state index contributed by atoms with van der Waals surface area (Å²) in [4.78, 5) is 5.43. The summed E-state index contributed by atoms with van der Waals surface area (Å²) in [7, 11) is 0. The topological polar surface area (TPSA) is 56.7 Å². The molecule has 0 aliphatic heterocycles. The fourth-order valence-electron chi connectivity index (χ4n) is 2.26. The molecule has 2 aromatic rings. The zero-order valence-electron chi connectivity index (χ0n) is 14.1. The first-order valence-electron chi connectivity index (χ1n) is 8.04. The third-order valence-electron chi connectivity index (χ3n) is 3.54. The first-order chi connectivity index (χ1) is 11.5. The summed E-state index contributed by atoms with van der Waals surface area (Å²) in [6, 6.07) is 11.7. The van der Waals surface area contributed by atoms with E-state index in [0.29, 0.717) is 12.5 Å². The van der Waals surface area contributed by atoms with E-state index in [2.05, 4.69) is 21.7 Å². The molecule has 0 saturated heterocycles. The highest BCUT2D eigenvalue weighted by Crippen LogP contribution is 2.25. The molecule has 2 rings (SSSR count). The van der Waals surface area contributed by atoms with Crippen molar-refractivity contribution in [3.8, 4) is 0 Å². The molecule has 1 unspecified atom stereocenters. The van der Waals surface area contributed by atoms with Crippen molar-refractivity contribution in [2.24, 2.45) is 4.99 Å². The van der Waals surface area contributed by atoms with Crippen LogP contribution >= 0.6 is 22.9 Å². The van der Waals surface area contributed by atoms with Crippen molar-refractivity contribution in [2.75, 3.05) is 19.6 Å². The number of hydrogen-bond donors (Lipinski definition) is 3. The van der Waals surface area contributed by atoms with Gasteiger partial charge in [-0.2, -0.15) is 0 Å². The molecule has 0 amide bonds. The number of aliphatic hydroxyl groups is 1. The maximum absolute atomic E-state index is 10.6. The maximum atomic E-state index is 10.6. The number of aliphatic imine (C=N–C) groups is 1. The van der Waals surface area contributed by atoms with Crippen molar-refractivity contribution in [3.63, 3.8) is 0 Å². The van der Waals surface area contributed by atoms with Crippen LogP contribution in [0, 0.1) is 0 Å². The Bertz CT molecular complexity index is 656. The largest absolute Gasteiger partial charge is 0.383 e. The van der Waals surface area contributed by atoms with Gasteiger partial charge in [-0.25, -0.2) is 4.99 Å². The van der Waals surface area contributed by atoms with Gasteiger partial charge in [0, 0.05) is 23.0 Å². The summed E-state index contributed by atoms with van der Waals surface area (Å²) in [5.41, 5.74) is 0.222. The third kappa shape index (κ3) is 5.82. The molecule has 0 saturated carbocycles. The van der Waals surface area contributed by atoms with Crippen LogP contribution in [0.4, 0.5) is 0 Å². The van der Waals surface area contributed by atoms with Gasteiger partial charge in [0.2, 0.25) is 0 Å². The number of guanidine groups is 1. The van der Waals surface area contributed by atoms with Gasteiger partial charge in [-0.3, -0.25) is 0 Å². The molecule has 0 spiro atoms. The normalized spacial score (nSPS) is 14.2. The second-order valence-electron chi connectivity index (χ2n) is 5.75. The lowest BCUT2D eigenvalue weighted by Gasteiger charge is -2.20. The lowest BCUT2D eigenvalue weighted by Crippen LogP contribution is -2.39. The van der Waals surface area contributed by atoms with Crippen LogP contribution in [0.5, 0.6) is 0 Å². The van der Waals surface area contributed by atoms with Gasteiger partial charge in [0.05, 0.1) is 6.54 Å². The lowest BCUT2D eigenvalue weighted by molar-refractivity contribution is 0.0711. The van der Waals surface area contributed by atoms with Crippen LogP contribution in [0.2, 0.25) is 5.02 Å². The molecule has 24 heavy (non-hydrogen) atoms. The highest BCUT2D eigenvalue weighted by atomic mass is 35.5. The smallest absolute Gasteiger partial charge is 0.191 e. The molecule has 0 fully saturated rings. The Morgan fingerprint density at radius 1 is 1.29 bits per heavy atom. The maximum Gasteiger partial charge on any atom is 0.191 e. The minimum Gasteiger partial charge on any atom is -0.383 e. The first kappa shape index (κ1) is 18.8. The van der Waals surface area contributed by atoms with Crippen LogP contribution in [0.1, 0.15) is 24.3 Å². The molecular weight excluding hydrogens is 342 g/mol. The standard InChI is InChI=1S/C18H24ClN3OS/c1-3-20-17(21-10-9-14-6-4-7-15(19)12-14)22-13-18(2,23)16-8-5-11-24-16/h4-8,11-12,23H,3,9-10,13H2,1-2H3,(H2,20,21,22). The van der Waals surface area contributed by atoms with E-state index in [4.69, 9.17) is 11.6 Å². The molecule has 6 heteroatoms. The molecule has 0 aliphatic rings. The van der Waals surface area contributed by atoms with Crippen LogP contribution < -0.4 is 10.6 Å². The fraction of sp³-hybridized carbons (Fsp3) is 0.389. The predicted octanol–water partition coefficient (Wildman–Crippen LogP) is 3.41. The zero-order chi connectivity index (χ0) is 17.4. The number of halogens is 1. The average molecular weight is 366 g/mol. The van der Waals surface area contributed by atoms with Crippen LogP contribution in [0.3, 0.4) is 0 Å². The molecule has 1 heterocycles. The Kier molecular flexibility index (Phi) is 7.09. The molecule has 0 aliphatic carbocycles. The van der Waals surface area contributed by atoms with Gasteiger partial charge < -0.3 is 15.7 Å². The Balaban J connectivity index is 1.91. The monoisotopic (exact) mass is 365 g/mol. The quantitative estimate of drug-likeness (QED) is 0.520. The van der Waals surface area contributed by atoms with Crippen LogP contribution in [0.25, 0.3) is 0 Å². The average Bonchev–Trinajstić information content (AvgIpc) is 3.08. The minimum absolute atomic E-state index is 0.306. The molecule has 1 aromatic carbocycles. The van der Waals surface area contributed by atoms with Crippen molar-refractivity contribution >= 4 is 28.9 Å².